The van der Waals surface area contributed by atoms with Crippen molar-refractivity contribution in [1.82, 2.24) is 9.80 Å². The number of benzene rings is 3. The molecular weight excluding hydrogens is 480 g/mol. The Labute approximate surface area is 224 Å². The molecule has 0 spiro atoms. The number of ether oxygens (including phenoxy) is 4. The number of hydrogen-bond acceptors (Lipinski definition) is 6. The van der Waals surface area contributed by atoms with Crippen LogP contribution >= 0.6 is 0 Å². The van der Waals surface area contributed by atoms with Crippen molar-refractivity contribution in [2.75, 3.05) is 40.1 Å². The van der Waals surface area contributed by atoms with Crippen LogP contribution in [0.1, 0.15) is 47.8 Å². The van der Waals surface area contributed by atoms with Crippen molar-refractivity contribution in [3.63, 3.8) is 0 Å². The zero-order chi connectivity index (χ0) is 26.7. The van der Waals surface area contributed by atoms with Crippen LogP contribution in [0.25, 0.3) is 0 Å². The highest BCUT2D eigenvalue weighted by Crippen LogP contribution is 2.34. The summed E-state index contributed by atoms with van der Waals surface area (Å²) in [6.07, 6.45) is 0. The van der Waals surface area contributed by atoms with Gasteiger partial charge in [0.05, 0.1) is 7.11 Å². The van der Waals surface area contributed by atoms with E-state index in [4.69, 9.17) is 18.9 Å². The maximum absolute atomic E-state index is 13.4. The molecule has 0 unspecified atom stereocenters. The first-order valence-electron chi connectivity index (χ1n) is 13.1. The Balaban J connectivity index is 1.22. The number of rotatable bonds is 7. The summed E-state index contributed by atoms with van der Waals surface area (Å²) in [6, 6.07) is 19.8. The van der Waals surface area contributed by atoms with E-state index < -0.39 is 0 Å². The minimum atomic E-state index is -0.0383. The summed E-state index contributed by atoms with van der Waals surface area (Å²) in [5, 5.41) is 0. The molecule has 38 heavy (non-hydrogen) atoms. The Morgan fingerprint density at radius 2 is 1.66 bits per heavy atom. The molecule has 0 radical (unpaired) electrons. The molecule has 7 nitrogen and oxygen atoms in total. The Kier molecular flexibility index (Phi) is 7.47. The van der Waals surface area contributed by atoms with Crippen LogP contribution in [0.4, 0.5) is 0 Å². The first kappa shape index (κ1) is 25.9. The summed E-state index contributed by atoms with van der Waals surface area (Å²) >= 11 is 0. The number of methoxy groups -OCH3 is 1. The molecule has 1 amide bonds. The number of carbonyl (C=O) groups is 1. The quantitative estimate of drug-likeness (QED) is 0.427. The standard InChI is InChI=1S/C31H36N2O5/c1-31(2,3)25-7-5-6-8-27(25)36-20-24-18-23(10-12-26(24)35-4)30(34)33-15-13-32(14-16-33)19-22-9-11-28-29(17-22)38-21-37-28/h5-12,17-18H,13-16,19-21H2,1-4H3. The molecule has 7 heteroatoms. The Morgan fingerprint density at radius 1 is 0.895 bits per heavy atom. The summed E-state index contributed by atoms with van der Waals surface area (Å²) < 4.78 is 22.7. The lowest BCUT2D eigenvalue weighted by Gasteiger charge is -2.35. The minimum absolute atomic E-state index is 0.0340. The summed E-state index contributed by atoms with van der Waals surface area (Å²) in [5.41, 5.74) is 3.79. The molecule has 1 saturated heterocycles. The molecule has 3 aromatic carbocycles. The van der Waals surface area contributed by atoms with Crippen molar-refractivity contribution in [1.29, 1.82) is 0 Å². The third kappa shape index (κ3) is 5.73. The fraction of sp³-hybridized carbons (Fsp3) is 0.387. The molecule has 2 heterocycles. The van der Waals surface area contributed by atoms with Gasteiger partial charge in [-0.15, -0.1) is 0 Å². The van der Waals surface area contributed by atoms with Crippen LogP contribution in [0.3, 0.4) is 0 Å². The van der Waals surface area contributed by atoms with Gasteiger partial charge in [-0.2, -0.15) is 0 Å². The highest BCUT2D eigenvalue weighted by atomic mass is 16.7. The molecule has 0 aliphatic carbocycles. The van der Waals surface area contributed by atoms with E-state index >= 15 is 0 Å². The van der Waals surface area contributed by atoms with Gasteiger partial charge in [-0.05, 0) is 52.9 Å². The van der Waals surface area contributed by atoms with Crippen molar-refractivity contribution < 1.29 is 23.7 Å². The average molecular weight is 517 g/mol. The number of piperazine rings is 1. The lowest BCUT2D eigenvalue weighted by Crippen LogP contribution is -2.48. The predicted octanol–water partition coefficient (Wildman–Crippen LogP) is 5.26. The fourth-order valence-electron chi connectivity index (χ4n) is 4.98. The Hall–Kier alpha value is -3.71. The zero-order valence-electron chi connectivity index (χ0n) is 22.7. The van der Waals surface area contributed by atoms with Crippen LogP contribution < -0.4 is 18.9 Å². The second kappa shape index (κ2) is 11.0. The Morgan fingerprint density at radius 3 is 2.42 bits per heavy atom. The first-order chi connectivity index (χ1) is 18.3. The number of hydrogen-bond donors (Lipinski definition) is 0. The molecule has 0 N–H and O–H groups in total. The third-order valence-corrected chi connectivity index (χ3v) is 7.11. The van der Waals surface area contributed by atoms with Crippen molar-refractivity contribution >= 4 is 5.91 Å². The molecule has 0 aromatic heterocycles. The van der Waals surface area contributed by atoms with Gasteiger partial charge in [0.2, 0.25) is 6.79 Å². The zero-order valence-corrected chi connectivity index (χ0v) is 22.7. The molecule has 0 saturated carbocycles. The first-order valence-corrected chi connectivity index (χ1v) is 13.1. The number of carbonyl (C=O) groups excluding carboxylic acids is 1. The molecule has 0 atom stereocenters. The van der Waals surface area contributed by atoms with Crippen molar-refractivity contribution in [3.8, 4) is 23.0 Å². The molecule has 5 rings (SSSR count). The molecule has 2 aliphatic heterocycles. The molecular formula is C31H36N2O5. The third-order valence-electron chi connectivity index (χ3n) is 7.11. The number of fused-ring (bicyclic) bond motifs is 1. The molecule has 0 bridgehead atoms. The highest BCUT2D eigenvalue weighted by Gasteiger charge is 2.24. The van der Waals surface area contributed by atoms with Gasteiger partial charge in [-0.1, -0.05) is 45.0 Å². The van der Waals surface area contributed by atoms with Gasteiger partial charge >= 0.3 is 0 Å². The maximum atomic E-state index is 13.4. The number of nitrogens with zero attached hydrogens (tertiary/aromatic N) is 2. The molecule has 2 aliphatic rings. The topological polar surface area (TPSA) is 60.5 Å². The number of amides is 1. The van der Waals surface area contributed by atoms with E-state index in [1.54, 1.807) is 7.11 Å². The van der Waals surface area contributed by atoms with Crippen molar-refractivity contribution in [2.24, 2.45) is 0 Å². The summed E-state index contributed by atoms with van der Waals surface area (Å²) in [7, 11) is 1.64. The molecule has 1 fully saturated rings. The van der Waals surface area contributed by atoms with Gasteiger partial charge in [-0.3, -0.25) is 9.69 Å². The van der Waals surface area contributed by atoms with Gasteiger partial charge < -0.3 is 23.8 Å². The Bertz CT molecular complexity index is 1290. The van der Waals surface area contributed by atoms with Crippen LogP contribution in [0.5, 0.6) is 23.0 Å². The van der Waals surface area contributed by atoms with E-state index in [9.17, 15) is 4.79 Å². The van der Waals surface area contributed by atoms with Crippen LogP contribution in [0, 0.1) is 0 Å². The van der Waals surface area contributed by atoms with Crippen LogP contribution in [-0.2, 0) is 18.6 Å². The largest absolute Gasteiger partial charge is 0.496 e. The summed E-state index contributed by atoms with van der Waals surface area (Å²) in [6.45, 7) is 10.9. The van der Waals surface area contributed by atoms with Gasteiger partial charge in [0.15, 0.2) is 11.5 Å². The number of para-hydroxylation sites is 1. The van der Waals surface area contributed by atoms with Crippen LogP contribution in [0.2, 0.25) is 0 Å². The van der Waals surface area contributed by atoms with Crippen LogP contribution in [-0.4, -0.2) is 55.8 Å². The van der Waals surface area contributed by atoms with E-state index in [2.05, 4.69) is 37.8 Å². The smallest absolute Gasteiger partial charge is 0.253 e. The summed E-state index contributed by atoms with van der Waals surface area (Å²) in [4.78, 5) is 17.7. The average Bonchev–Trinajstić information content (AvgIpc) is 3.39. The second-order valence-electron chi connectivity index (χ2n) is 10.8. The lowest BCUT2D eigenvalue weighted by atomic mass is 9.86. The van der Waals surface area contributed by atoms with E-state index in [1.807, 2.05) is 53.4 Å². The fourth-order valence-corrected chi connectivity index (χ4v) is 4.98. The monoisotopic (exact) mass is 516 g/mol. The van der Waals surface area contributed by atoms with Gasteiger partial charge in [0.1, 0.15) is 18.1 Å². The second-order valence-corrected chi connectivity index (χ2v) is 10.8. The summed E-state index contributed by atoms with van der Waals surface area (Å²) in [5.74, 6) is 3.19. The van der Waals surface area contributed by atoms with Crippen molar-refractivity contribution in [2.45, 2.75) is 39.3 Å². The van der Waals surface area contributed by atoms with E-state index in [0.717, 1.165) is 48.0 Å². The van der Waals surface area contributed by atoms with Gasteiger partial charge in [-0.25, -0.2) is 0 Å². The van der Waals surface area contributed by atoms with E-state index in [1.165, 1.54) is 5.56 Å². The van der Waals surface area contributed by atoms with Gasteiger partial charge in [0, 0.05) is 43.9 Å². The van der Waals surface area contributed by atoms with Gasteiger partial charge in [0.25, 0.3) is 5.91 Å². The predicted molar refractivity (Wildman–Crippen MR) is 146 cm³/mol. The molecule has 3 aromatic rings. The minimum Gasteiger partial charge on any atom is -0.496 e. The SMILES string of the molecule is COc1ccc(C(=O)N2CCN(Cc3ccc4c(c3)OCO4)CC2)cc1COc1ccccc1C(C)(C)C. The van der Waals surface area contributed by atoms with Crippen molar-refractivity contribution in [3.05, 3.63) is 82.9 Å². The highest BCUT2D eigenvalue weighted by molar-refractivity contribution is 5.94. The normalized spacial score (nSPS) is 15.4. The maximum Gasteiger partial charge on any atom is 0.253 e. The van der Waals surface area contributed by atoms with E-state index in [-0.39, 0.29) is 18.1 Å². The lowest BCUT2D eigenvalue weighted by molar-refractivity contribution is 0.0628. The molecule has 200 valence electrons. The van der Waals surface area contributed by atoms with Crippen LogP contribution in [0.15, 0.2) is 60.7 Å². The van der Waals surface area contributed by atoms with E-state index in [0.29, 0.717) is 31.0 Å².